The first-order valence-electron chi connectivity index (χ1n) is 9.71. The van der Waals surface area contributed by atoms with E-state index in [2.05, 4.69) is 32.6 Å². The van der Waals surface area contributed by atoms with Crippen LogP contribution in [-0.2, 0) is 0 Å². The lowest BCUT2D eigenvalue weighted by Gasteiger charge is -2.24. The molecule has 3 heterocycles. The van der Waals surface area contributed by atoms with E-state index >= 15 is 0 Å². The molecule has 0 bridgehead atoms. The van der Waals surface area contributed by atoms with Crippen LogP contribution in [0.3, 0.4) is 0 Å². The Morgan fingerprint density at radius 3 is 2.31 bits per heavy atom. The normalized spacial score (nSPS) is 11.5. The summed E-state index contributed by atoms with van der Waals surface area (Å²) in [4.78, 5) is 27.8. The van der Waals surface area contributed by atoms with Gasteiger partial charge in [0.25, 0.3) is 5.56 Å². The lowest BCUT2D eigenvalue weighted by Crippen LogP contribution is -2.32. The SMILES string of the molecule is CCN(CC)c1nc2c(c(C)nc3sc(C)c(C)c32)c(=O)n1-c1ccc(Cl)cc1. The van der Waals surface area contributed by atoms with Crippen LogP contribution in [0.1, 0.15) is 30.0 Å². The van der Waals surface area contributed by atoms with Crippen molar-refractivity contribution < 1.29 is 0 Å². The minimum Gasteiger partial charge on any atom is -0.342 e. The van der Waals surface area contributed by atoms with Crippen molar-refractivity contribution in [3.63, 3.8) is 0 Å². The van der Waals surface area contributed by atoms with Gasteiger partial charge in [0.05, 0.1) is 22.3 Å². The topological polar surface area (TPSA) is 51.0 Å². The molecule has 4 rings (SSSR count). The standard InChI is InChI=1S/C22H23ClN4OS/c1-6-26(7-2)22-25-19-17-12(3)14(5)29-20(17)24-13(4)18(19)21(28)27(22)16-10-8-15(23)9-11-16/h8-11H,6-7H2,1-5H3. The second kappa shape index (κ2) is 7.43. The number of fused-ring (bicyclic) bond motifs is 3. The Kier molecular flexibility index (Phi) is 5.09. The van der Waals surface area contributed by atoms with Gasteiger partial charge in [-0.05, 0) is 64.4 Å². The number of nitrogens with zero attached hydrogens (tertiary/aromatic N) is 4. The number of thiophene rings is 1. The van der Waals surface area contributed by atoms with Crippen LogP contribution >= 0.6 is 22.9 Å². The molecule has 0 spiro atoms. The highest BCUT2D eigenvalue weighted by atomic mass is 35.5. The van der Waals surface area contributed by atoms with Crippen LogP contribution in [-0.4, -0.2) is 27.6 Å². The maximum Gasteiger partial charge on any atom is 0.269 e. The van der Waals surface area contributed by atoms with Crippen molar-refractivity contribution in [1.29, 1.82) is 0 Å². The summed E-state index contributed by atoms with van der Waals surface area (Å²) in [7, 11) is 0. The molecule has 4 aromatic rings. The molecule has 0 amide bonds. The fraction of sp³-hybridized carbons (Fsp3) is 0.318. The molecular formula is C22H23ClN4OS. The van der Waals surface area contributed by atoms with Crippen LogP contribution in [0, 0.1) is 20.8 Å². The van der Waals surface area contributed by atoms with Crippen LogP contribution in [0.4, 0.5) is 5.95 Å². The van der Waals surface area contributed by atoms with Crippen molar-refractivity contribution in [2.45, 2.75) is 34.6 Å². The van der Waals surface area contributed by atoms with Gasteiger partial charge in [0.15, 0.2) is 0 Å². The van der Waals surface area contributed by atoms with Gasteiger partial charge in [0.1, 0.15) is 4.83 Å². The van der Waals surface area contributed by atoms with Gasteiger partial charge in [-0.3, -0.25) is 4.79 Å². The van der Waals surface area contributed by atoms with Gasteiger partial charge in [-0.2, -0.15) is 0 Å². The van der Waals surface area contributed by atoms with Crippen LogP contribution in [0.5, 0.6) is 0 Å². The molecule has 5 nitrogen and oxygen atoms in total. The molecule has 29 heavy (non-hydrogen) atoms. The number of hydrogen-bond acceptors (Lipinski definition) is 5. The molecular weight excluding hydrogens is 404 g/mol. The Morgan fingerprint density at radius 1 is 1.03 bits per heavy atom. The van der Waals surface area contributed by atoms with Gasteiger partial charge >= 0.3 is 0 Å². The van der Waals surface area contributed by atoms with Gasteiger partial charge in [-0.1, -0.05) is 11.6 Å². The summed E-state index contributed by atoms with van der Waals surface area (Å²) >= 11 is 7.73. The Bertz CT molecular complexity index is 1290. The molecule has 0 aliphatic carbocycles. The molecule has 150 valence electrons. The minimum absolute atomic E-state index is 0.102. The fourth-order valence-electron chi connectivity index (χ4n) is 3.73. The van der Waals surface area contributed by atoms with Crippen molar-refractivity contribution >= 4 is 50.0 Å². The first-order chi connectivity index (χ1) is 13.9. The molecule has 7 heteroatoms. The van der Waals surface area contributed by atoms with E-state index < -0.39 is 0 Å². The Hall–Kier alpha value is -2.44. The Labute approximate surface area is 178 Å². The van der Waals surface area contributed by atoms with E-state index in [0.717, 1.165) is 40.1 Å². The lowest BCUT2D eigenvalue weighted by atomic mass is 10.1. The summed E-state index contributed by atoms with van der Waals surface area (Å²) in [6, 6.07) is 7.29. The van der Waals surface area contributed by atoms with E-state index in [1.165, 1.54) is 4.88 Å². The third-order valence-electron chi connectivity index (χ3n) is 5.43. The Balaban J connectivity index is 2.21. The second-order valence-corrected chi connectivity index (χ2v) is 8.72. The van der Waals surface area contributed by atoms with Gasteiger partial charge < -0.3 is 4.90 Å². The molecule has 1 aromatic carbocycles. The summed E-state index contributed by atoms with van der Waals surface area (Å²) in [5.74, 6) is 0.643. The maximum absolute atomic E-state index is 13.8. The van der Waals surface area contributed by atoms with E-state index in [1.807, 2.05) is 19.1 Å². The quantitative estimate of drug-likeness (QED) is 0.437. The predicted octanol–water partition coefficient (Wildman–Crippen LogP) is 5.42. The molecule has 3 aromatic heterocycles. The minimum atomic E-state index is -0.102. The van der Waals surface area contributed by atoms with Gasteiger partial charge in [-0.25, -0.2) is 14.5 Å². The van der Waals surface area contributed by atoms with Crippen molar-refractivity contribution in [3.05, 3.63) is 55.8 Å². The smallest absolute Gasteiger partial charge is 0.269 e. The summed E-state index contributed by atoms with van der Waals surface area (Å²) in [5, 5.41) is 2.19. The highest BCUT2D eigenvalue weighted by molar-refractivity contribution is 7.18. The van der Waals surface area contributed by atoms with E-state index in [-0.39, 0.29) is 5.56 Å². The summed E-state index contributed by atoms with van der Waals surface area (Å²) in [5.41, 5.74) is 3.23. The van der Waals surface area contributed by atoms with E-state index in [0.29, 0.717) is 22.1 Å². The zero-order valence-electron chi connectivity index (χ0n) is 17.2. The summed E-state index contributed by atoms with van der Waals surface area (Å²) < 4.78 is 1.68. The third kappa shape index (κ3) is 3.11. The second-order valence-electron chi connectivity index (χ2n) is 7.09. The van der Waals surface area contributed by atoms with E-state index in [9.17, 15) is 4.79 Å². The number of halogens is 1. The average Bonchev–Trinajstić information content (AvgIpc) is 2.97. The number of hydrogen-bond donors (Lipinski definition) is 0. The zero-order chi connectivity index (χ0) is 20.9. The predicted molar refractivity (Wildman–Crippen MR) is 123 cm³/mol. The third-order valence-corrected chi connectivity index (χ3v) is 6.78. The van der Waals surface area contributed by atoms with Crippen molar-refractivity contribution in [3.8, 4) is 5.69 Å². The first kappa shape index (κ1) is 19.9. The average molecular weight is 427 g/mol. The van der Waals surface area contributed by atoms with Crippen LogP contribution in [0.25, 0.3) is 26.8 Å². The number of aryl methyl sites for hydroxylation is 3. The van der Waals surface area contributed by atoms with Crippen molar-refractivity contribution in [2.24, 2.45) is 0 Å². The molecule has 0 radical (unpaired) electrons. The van der Waals surface area contributed by atoms with E-state index in [1.54, 1.807) is 28.0 Å². The lowest BCUT2D eigenvalue weighted by molar-refractivity contribution is 0.786. The molecule has 0 fully saturated rings. The zero-order valence-corrected chi connectivity index (χ0v) is 18.8. The fourth-order valence-corrected chi connectivity index (χ4v) is 4.94. The number of benzene rings is 1. The van der Waals surface area contributed by atoms with Crippen molar-refractivity contribution in [1.82, 2.24) is 14.5 Å². The van der Waals surface area contributed by atoms with Crippen LogP contribution < -0.4 is 10.5 Å². The molecule has 0 saturated carbocycles. The molecule has 0 aliphatic heterocycles. The Morgan fingerprint density at radius 2 is 1.69 bits per heavy atom. The van der Waals surface area contributed by atoms with Gasteiger partial charge in [0.2, 0.25) is 5.95 Å². The molecule has 0 unspecified atom stereocenters. The number of rotatable bonds is 4. The highest BCUT2D eigenvalue weighted by Crippen LogP contribution is 2.35. The summed E-state index contributed by atoms with van der Waals surface area (Å²) in [6.07, 6.45) is 0. The van der Waals surface area contributed by atoms with Gasteiger partial charge in [0, 0.05) is 28.4 Å². The number of pyridine rings is 1. The summed E-state index contributed by atoms with van der Waals surface area (Å²) in [6.45, 7) is 11.7. The molecule has 0 atom stereocenters. The molecule has 0 saturated heterocycles. The highest BCUT2D eigenvalue weighted by Gasteiger charge is 2.22. The number of aromatic nitrogens is 3. The van der Waals surface area contributed by atoms with Gasteiger partial charge in [-0.15, -0.1) is 11.3 Å². The van der Waals surface area contributed by atoms with Crippen LogP contribution in [0.15, 0.2) is 29.1 Å². The first-order valence-corrected chi connectivity index (χ1v) is 10.9. The number of anilines is 1. The van der Waals surface area contributed by atoms with E-state index in [4.69, 9.17) is 21.6 Å². The largest absolute Gasteiger partial charge is 0.342 e. The van der Waals surface area contributed by atoms with Crippen LogP contribution in [0.2, 0.25) is 5.02 Å². The monoisotopic (exact) mass is 426 g/mol. The van der Waals surface area contributed by atoms with Crippen molar-refractivity contribution in [2.75, 3.05) is 18.0 Å². The molecule has 0 aliphatic rings. The maximum atomic E-state index is 13.8. The molecule has 0 N–H and O–H groups in total.